The summed E-state index contributed by atoms with van der Waals surface area (Å²) in [5.74, 6) is -2.47. The number of carboxylic acid groups (broad SMARTS) is 1. The Morgan fingerprint density at radius 1 is 1.22 bits per heavy atom. The zero-order valence-corrected chi connectivity index (χ0v) is 20.8. The van der Waals surface area contributed by atoms with E-state index in [2.05, 4.69) is 10.4 Å². The molecule has 0 saturated carbocycles. The highest BCUT2D eigenvalue weighted by Crippen LogP contribution is 2.25. The molecule has 2 aromatic carbocycles. The summed E-state index contributed by atoms with van der Waals surface area (Å²) in [6.07, 6.45) is -0.140. The molecule has 0 bridgehead atoms. The minimum absolute atomic E-state index is 0.0399. The fourth-order valence-corrected chi connectivity index (χ4v) is 3.40. The quantitative estimate of drug-likeness (QED) is 0.361. The van der Waals surface area contributed by atoms with Crippen molar-refractivity contribution in [1.82, 2.24) is 15.1 Å². The van der Waals surface area contributed by atoms with Gasteiger partial charge in [-0.25, -0.2) is 4.39 Å². The summed E-state index contributed by atoms with van der Waals surface area (Å²) in [7, 11) is 0. The first kappa shape index (κ1) is 27.4. The number of amides is 1. The number of hydrogen-bond acceptors (Lipinski definition) is 6. The minimum Gasteiger partial charge on any atom is -0.481 e. The van der Waals surface area contributed by atoms with Crippen molar-refractivity contribution >= 4 is 11.9 Å². The van der Waals surface area contributed by atoms with E-state index < -0.39 is 29.3 Å². The summed E-state index contributed by atoms with van der Waals surface area (Å²) in [5.41, 5.74) is -0.0638. The second-order valence-electron chi connectivity index (χ2n) is 9.31. The van der Waals surface area contributed by atoms with Gasteiger partial charge in [-0.05, 0) is 49.1 Å². The molecule has 10 heteroatoms. The van der Waals surface area contributed by atoms with E-state index >= 15 is 0 Å². The molecule has 3 aromatic rings. The Morgan fingerprint density at radius 2 is 1.89 bits per heavy atom. The molecule has 194 valence electrons. The van der Waals surface area contributed by atoms with Crippen LogP contribution in [-0.4, -0.2) is 50.1 Å². The van der Waals surface area contributed by atoms with E-state index in [4.69, 9.17) is 10.00 Å². The van der Waals surface area contributed by atoms with Gasteiger partial charge in [-0.15, -0.1) is 0 Å². The smallest absolute Gasteiger partial charge is 0.305 e. The molecule has 0 radical (unpaired) electrons. The van der Waals surface area contributed by atoms with Crippen molar-refractivity contribution in [3.8, 4) is 17.6 Å². The average Bonchev–Trinajstić information content (AvgIpc) is 3.27. The van der Waals surface area contributed by atoms with Crippen LogP contribution in [0.1, 0.15) is 48.8 Å². The number of carbonyl (C=O) groups is 2. The first-order chi connectivity index (χ1) is 17.5. The van der Waals surface area contributed by atoms with E-state index in [9.17, 15) is 24.2 Å². The van der Waals surface area contributed by atoms with Crippen LogP contribution in [0.15, 0.2) is 54.6 Å². The van der Waals surface area contributed by atoms with Crippen molar-refractivity contribution in [3.63, 3.8) is 0 Å². The van der Waals surface area contributed by atoms with Gasteiger partial charge in [0.1, 0.15) is 18.1 Å². The molecule has 0 spiro atoms. The van der Waals surface area contributed by atoms with E-state index in [1.807, 2.05) is 19.9 Å². The predicted octanol–water partition coefficient (Wildman–Crippen LogP) is 3.48. The van der Waals surface area contributed by atoms with Crippen LogP contribution in [0.5, 0.6) is 5.88 Å². The number of hydrogen-bond donors (Lipinski definition) is 3. The minimum atomic E-state index is -1.19. The van der Waals surface area contributed by atoms with Crippen LogP contribution < -0.4 is 10.1 Å². The fraction of sp³-hybridized carbons (Fsp3) is 0.333. The number of ether oxygens (including phenoxy) is 1. The van der Waals surface area contributed by atoms with Crippen molar-refractivity contribution in [2.75, 3.05) is 6.61 Å². The predicted molar refractivity (Wildman–Crippen MR) is 133 cm³/mol. The lowest BCUT2D eigenvalue weighted by Crippen LogP contribution is -2.38. The molecule has 0 saturated heterocycles. The molecule has 1 heterocycles. The number of halogens is 1. The molecule has 0 aliphatic rings. The van der Waals surface area contributed by atoms with Crippen molar-refractivity contribution in [2.24, 2.45) is 5.92 Å². The second-order valence-corrected chi connectivity index (χ2v) is 9.31. The van der Waals surface area contributed by atoms with Gasteiger partial charge in [0.2, 0.25) is 5.88 Å². The molecular weight excluding hydrogens is 479 g/mol. The van der Waals surface area contributed by atoms with Crippen LogP contribution in [0.2, 0.25) is 0 Å². The number of rotatable bonds is 11. The Balaban J connectivity index is 1.88. The highest BCUT2D eigenvalue weighted by Gasteiger charge is 2.28. The topological polar surface area (TPSA) is 137 Å². The largest absolute Gasteiger partial charge is 0.481 e. The maximum Gasteiger partial charge on any atom is 0.305 e. The number of aliphatic carboxylic acids is 1. The first-order valence-electron chi connectivity index (χ1n) is 11.7. The molecule has 37 heavy (non-hydrogen) atoms. The Morgan fingerprint density at radius 3 is 2.49 bits per heavy atom. The molecule has 0 fully saturated rings. The second kappa shape index (κ2) is 11.7. The average molecular weight is 509 g/mol. The number of aromatic nitrogens is 2. The van der Waals surface area contributed by atoms with Gasteiger partial charge in [-0.1, -0.05) is 38.1 Å². The molecule has 0 unspecified atom stereocenters. The van der Waals surface area contributed by atoms with E-state index in [0.29, 0.717) is 5.56 Å². The summed E-state index contributed by atoms with van der Waals surface area (Å²) in [6.45, 7) is 5.13. The van der Waals surface area contributed by atoms with E-state index in [0.717, 1.165) is 10.2 Å². The standard InChI is InChI=1S/C27H29FN4O5/c1-17(2)27(3,36)16-37-24-14-22(31-32(24)23-7-5-4-6-21(23)28)26(35)30-20(13-25(33)34)12-18-8-10-19(15-29)11-9-18/h4-11,14,17,20,36H,12-13,16H2,1-3H3,(H,30,35)(H,33,34)/t20-,27+/m0/s1. The Labute approximate surface area is 214 Å². The van der Waals surface area contributed by atoms with E-state index in [-0.39, 0.29) is 42.6 Å². The number of nitriles is 1. The fourth-order valence-electron chi connectivity index (χ4n) is 3.40. The lowest BCUT2D eigenvalue weighted by Gasteiger charge is -2.27. The molecule has 3 rings (SSSR count). The van der Waals surface area contributed by atoms with Gasteiger partial charge < -0.3 is 20.3 Å². The maximum atomic E-state index is 14.6. The SMILES string of the molecule is CC(C)[C@](C)(O)COc1cc(C(=O)N[C@H](CC(=O)O)Cc2ccc(C#N)cc2)nn1-c1ccccc1F. The summed E-state index contributed by atoms with van der Waals surface area (Å²) < 4.78 is 21.5. The highest BCUT2D eigenvalue weighted by atomic mass is 19.1. The van der Waals surface area contributed by atoms with Gasteiger partial charge in [0.25, 0.3) is 5.91 Å². The van der Waals surface area contributed by atoms with Crippen LogP contribution in [0, 0.1) is 23.1 Å². The number of aliphatic hydroxyl groups is 1. The molecule has 9 nitrogen and oxygen atoms in total. The molecule has 0 aliphatic heterocycles. The maximum absolute atomic E-state index is 14.6. The number of carbonyl (C=O) groups excluding carboxylic acids is 1. The highest BCUT2D eigenvalue weighted by molar-refractivity contribution is 5.93. The van der Waals surface area contributed by atoms with Gasteiger partial charge >= 0.3 is 5.97 Å². The summed E-state index contributed by atoms with van der Waals surface area (Å²) in [4.78, 5) is 24.5. The van der Waals surface area contributed by atoms with Gasteiger partial charge in [0.05, 0.1) is 23.7 Å². The molecule has 3 N–H and O–H groups in total. The molecule has 0 aliphatic carbocycles. The van der Waals surface area contributed by atoms with Crippen molar-refractivity contribution in [2.45, 2.75) is 45.3 Å². The normalized spacial score (nSPS) is 13.4. The molecule has 1 amide bonds. The molecule has 2 atom stereocenters. The number of nitrogens with one attached hydrogen (secondary N) is 1. The third-order valence-electron chi connectivity index (χ3n) is 6.07. The Kier molecular flexibility index (Phi) is 8.63. The van der Waals surface area contributed by atoms with Crippen molar-refractivity contribution < 1.29 is 28.9 Å². The monoisotopic (exact) mass is 508 g/mol. The zero-order valence-electron chi connectivity index (χ0n) is 20.8. The van der Waals surface area contributed by atoms with Gasteiger partial charge in [-0.3, -0.25) is 9.59 Å². The van der Waals surface area contributed by atoms with Gasteiger partial charge in [0, 0.05) is 12.1 Å². The van der Waals surface area contributed by atoms with Crippen molar-refractivity contribution in [3.05, 3.63) is 77.2 Å². The van der Waals surface area contributed by atoms with Gasteiger partial charge in [0.15, 0.2) is 5.69 Å². The Bertz CT molecular complexity index is 1290. The number of nitrogens with zero attached hydrogens (tertiary/aromatic N) is 3. The lowest BCUT2D eigenvalue weighted by atomic mass is 9.94. The van der Waals surface area contributed by atoms with Crippen LogP contribution in [0.3, 0.4) is 0 Å². The summed E-state index contributed by atoms with van der Waals surface area (Å²) in [5, 5.41) is 35.8. The third-order valence-corrected chi connectivity index (χ3v) is 6.07. The number of para-hydroxylation sites is 1. The number of carboxylic acids is 1. The zero-order chi connectivity index (χ0) is 27.2. The summed E-state index contributed by atoms with van der Waals surface area (Å²) >= 11 is 0. The van der Waals surface area contributed by atoms with Crippen LogP contribution in [-0.2, 0) is 11.2 Å². The lowest BCUT2D eigenvalue weighted by molar-refractivity contribution is -0.137. The first-order valence-corrected chi connectivity index (χ1v) is 11.7. The molecular formula is C27H29FN4O5. The van der Waals surface area contributed by atoms with Crippen LogP contribution >= 0.6 is 0 Å². The van der Waals surface area contributed by atoms with E-state index in [1.165, 1.54) is 24.3 Å². The third kappa shape index (κ3) is 7.15. The number of benzene rings is 2. The Hall–Kier alpha value is -4.23. The molecule has 1 aromatic heterocycles. The van der Waals surface area contributed by atoms with Gasteiger partial charge in [-0.2, -0.15) is 15.0 Å². The van der Waals surface area contributed by atoms with E-state index in [1.54, 1.807) is 37.3 Å². The van der Waals surface area contributed by atoms with Crippen molar-refractivity contribution in [1.29, 1.82) is 5.26 Å². The summed E-state index contributed by atoms with van der Waals surface area (Å²) in [6, 6.07) is 15.0. The van der Waals surface area contributed by atoms with Crippen LogP contribution in [0.4, 0.5) is 4.39 Å². The van der Waals surface area contributed by atoms with Crippen LogP contribution in [0.25, 0.3) is 5.69 Å².